The fourth-order valence-electron chi connectivity index (χ4n) is 11.8. The molecular formula is C64H54N4O4. The summed E-state index contributed by atoms with van der Waals surface area (Å²) in [7, 11) is 0. The molecule has 354 valence electrons. The van der Waals surface area contributed by atoms with Crippen molar-refractivity contribution in [2.75, 3.05) is 13.2 Å². The first-order valence-electron chi connectivity index (χ1n) is 25.4. The second kappa shape index (κ2) is 16.8. The maximum atomic E-state index is 13.3. The van der Waals surface area contributed by atoms with Crippen LogP contribution in [0.4, 0.5) is 0 Å². The zero-order chi connectivity index (χ0) is 49.1. The zero-order valence-corrected chi connectivity index (χ0v) is 41.5. The first-order chi connectivity index (χ1) is 35.0. The number of aromatic amines is 2. The van der Waals surface area contributed by atoms with Gasteiger partial charge in [-0.05, 0) is 150 Å². The summed E-state index contributed by atoms with van der Waals surface area (Å²) in [4.78, 5) is 45.6. The average Bonchev–Trinajstić information content (AvgIpc) is 4.09. The fraction of sp³-hybridized carbons (Fsp3) is 0.219. The monoisotopic (exact) mass is 942 g/mol. The van der Waals surface area contributed by atoms with Gasteiger partial charge in [0.05, 0.1) is 36.0 Å². The van der Waals surface area contributed by atoms with Gasteiger partial charge in [0, 0.05) is 56.8 Å². The van der Waals surface area contributed by atoms with Crippen molar-refractivity contribution in [2.24, 2.45) is 11.8 Å². The van der Waals surface area contributed by atoms with E-state index in [0.717, 1.165) is 99.8 Å². The van der Waals surface area contributed by atoms with Gasteiger partial charge >= 0.3 is 11.9 Å². The summed E-state index contributed by atoms with van der Waals surface area (Å²) in [5.41, 5.74) is 13.2. The molecule has 3 aromatic heterocycles. The van der Waals surface area contributed by atoms with E-state index in [1.807, 2.05) is 27.7 Å². The van der Waals surface area contributed by atoms with Crippen LogP contribution < -0.4 is 0 Å². The van der Waals surface area contributed by atoms with E-state index in [2.05, 4.69) is 145 Å². The molecule has 0 radical (unpaired) electrons. The standard InChI is InChI=1S/C64H54N4O4/c1-33(2)31-71-55(69)25-23-41-35(5)47-27-51-61-43-15-7-11-37-19-21-39-13-9-17-45(59(39)57(37)43)63(61)53(67-51)30-54-64-46-18-10-14-40-22-20-38-12-8-16-44(58(38)60(40)46)62(64)52(68-54)28-48-36(6)42(50(66-48)29-49(41)65-47)24-26-56(70)72-32-34(3)4/h7-22,27-30,33-34,65,68H,23-26,31-32H2,1-6H3. The van der Waals surface area contributed by atoms with Crippen LogP contribution in [0.1, 0.15) is 76.4 Å². The maximum absolute atomic E-state index is 13.3. The molecule has 5 heterocycles. The van der Waals surface area contributed by atoms with Gasteiger partial charge in [0.25, 0.3) is 0 Å². The van der Waals surface area contributed by atoms with Gasteiger partial charge in [0.15, 0.2) is 0 Å². The van der Waals surface area contributed by atoms with Crippen LogP contribution in [0.15, 0.2) is 121 Å². The van der Waals surface area contributed by atoms with Crippen molar-refractivity contribution in [3.05, 3.63) is 144 Å². The van der Waals surface area contributed by atoms with Crippen LogP contribution in [0.2, 0.25) is 0 Å². The number of hydrogen-bond donors (Lipinski definition) is 2. The Bertz CT molecular complexity index is 4300. The molecule has 2 N–H and O–H groups in total. The lowest BCUT2D eigenvalue weighted by atomic mass is 9.86. The summed E-state index contributed by atoms with van der Waals surface area (Å²) >= 11 is 0. The van der Waals surface area contributed by atoms with E-state index >= 15 is 0 Å². The molecule has 0 atom stereocenters. The van der Waals surface area contributed by atoms with Gasteiger partial charge in [-0.1, -0.05) is 125 Å². The highest BCUT2D eigenvalue weighted by atomic mass is 16.5. The summed E-state index contributed by atoms with van der Waals surface area (Å²) in [5, 5.41) is 16.6. The lowest BCUT2D eigenvalue weighted by Gasteiger charge is -2.15. The van der Waals surface area contributed by atoms with Crippen LogP contribution in [-0.2, 0) is 25.5 Å². The third-order valence-electron chi connectivity index (χ3n) is 15.2. The number of benzene rings is 8. The van der Waals surface area contributed by atoms with E-state index in [9.17, 15) is 9.59 Å². The predicted octanol–water partition coefficient (Wildman–Crippen LogP) is 15.9. The van der Waals surface area contributed by atoms with E-state index in [0.29, 0.717) is 26.1 Å². The highest BCUT2D eigenvalue weighted by molar-refractivity contribution is 6.39. The van der Waals surface area contributed by atoms with Crippen molar-refractivity contribution in [3.63, 3.8) is 0 Å². The molecule has 8 bridgehead atoms. The Hall–Kier alpha value is -8.10. The minimum atomic E-state index is -0.230. The molecule has 2 aliphatic heterocycles. The number of aromatic nitrogens is 4. The van der Waals surface area contributed by atoms with Gasteiger partial charge in [-0.25, -0.2) is 9.97 Å². The fourth-order valence-corrected chi connectivity index (χ4v) is 11.8. The summed E-state index contributed by atoms with van der Waals surface area (Å²) in [5.74, 6) is 0.0132. The quantitative estimate of drug-likeness (QED) is 0.104. The van der Waals surface area contributed by atoms with E-state index in [4.69, 9.17) is 19.4 Å². The number of aryl methyl sites for hydroxylation is 2. The molecule has 13 rings (SSSR count). The van der Waals surface area contributed by atoms with E-state index in [1.54, 1.807) is 0 Å². The largest absolute Gasteiger partial charge is 0.465 e. The number of hydrogen-bond acceptors (Lipinski definition) is 6. The van der Waals surface area contributed by atoms with Crippen molar-refractivity contribution in [1.82, 2.24) is 19.9 Å². The normalized spacial score (nSPS) is 12.9. The molecule has 0 saturated heterocycles. The predicted molar refractivity (Wildman–Crippen MR) is 297 cm³/mol. The number of nitrogens with zero attached hydrogens (tertiary/aromatic N) is 2. The molecule has 8 aromatic carbocycles. The van der Waals surface area contributed by atoms with E-state index < -0.39 is 0 Å². The van der Waals surface area contributed by atoms with Gasteiger partial charge in [-0.3, -0.25) is 9.59 Å². The molecule has 8 nitrogen and oxygen atoms in total. The van der Waals surface area contributed by atoms with Crippen molar-refractivity contribution in [1.29, 1.82) is 0 Å². The Kier molecular flexibility index (Phi) is 10.2. The summed E-state index contributed by atoms with van der Waals surface area (Å²) in [6, 6.07) is 44.3. The van der Waals surface area contributed by atoms with Crippen LogP contribution in [0.25, 0.3) is 131 Å². The lowest BCUT2D eigenvalue weighted by molar-refractivity contribution is -0.145. The number of ether oxygens (including phenoxy) is 2. The van der Waals surface area contributed by atoms with Gasteiger partial charge in [0.2, 0.25) is 0 Å². The number of rotatable bonds is 10. The third-order valence-corrected chi connectivity index (χ3v) is 15.2. The molecular weight excluding hydrogens is 889 g/mol. The molecule has 0 fully saturated rings. The second-order valence-corrected chi connectivity index (χ2v) is 20.9. The van der Waals surface area contributed by atoms with Gasteiger partial charge in [-0.15, -0.1) is 0 Å². The molecule has 0 aliphatic carbocycles. The summed E-state index contributed by atoms with van der Waals surface area (Å²) in [6.07, 6.45) is 1.36. The molecule has 0 saturated carbocycles. The van der Waals surface area contributed by atoms with Crippen LogP contribution >= 0.6 is 0 Å². The van der Waals surface area contributed by atoms with Crippen LogP contribution in [0, 0.1) is 18.8 Å². The zero-order valence-electron chi connectivity index (χ0n) is 41.5. The Morgan fingerprint density at radius 3 is 1.40 bits per heavy atom. The number of nitrogens with one attached hydrogen (secondary N) is 2. The Morgan fingerprint density at radius 2 is 0.889 bits per heavy atom. The highest BCUT2D eigenvalue weighted by Gasteiger charge is 2.27. The average molecular weight is 943 g/mol. The minimum Gasteiger partial charge on any atom is -0.465 e. The Balaban J connectivity index is 1.17. The SMILES string of the molecule is CC1=C(CCC(=O)OCC(C)C)c2cc3[nH]c(cc4nc(cc5[nH]c(cc1n2)c1c2cccc6ccc7cccc(c7c62)c51)-c1c-4c2cccc4ccc5cccc1c5c42)c(C)c3CCC(=O)OCC(C)C. The number of carbonyl (C=O) groups is 2. The minimum absolute atomic E-state index is 0.218. The number of allylic oxidation sites excluding steroid dienone is 2. The van der Waals surface area contributed by atoms with Crippen LogP contribution in [0.3, 0.4) is 0 Å². The number of carbonyl (C=O) groups excluding carboxylic acids is 2. The van der Waals surface area contributed by atoms with Gasteiger partial charge in [-0.2, -0.15) is 0 Å². The molecule has 2 aliphatic rings. The molecule has 0 unspecified atom stereocenters. The number of esters is 2. The van der Waals surface area contributed by atoms with E-state index in [-0.39, 0.29) is 36.6 Å². The third kappa shape index (κ3) is 6.94. The maximum Gasteiger partial charge on any atom is 0.306 e. The van der Waals surface area contributed by atoms with Gasteiger partial charge in [0.1, 0.15) is 0 Å². The summed E-state index contributed by atoms with van der Waals surface area (Å²) in [6.45, 7) is 13.2. The first-order valence-corrected chi connectivity index (χ1v) is 25.4. The van der Waals surface area contributed by atoms with Crippen LogP contribution in [0.5, 0.6) is 0 Å². The number of H-pyrrole nitrogens is 2. The van der Waals surface area contributed by atoms with Crippen LogP contribution in [-0.4, -0.2) is 45.1 Å². The summed E-state index contributed by atoms with van der Waals surface area (Å²) < 4.78 is 11.4. The lowest BCUT2D eigenvalue weighted by Crippen LogP contribution is -2.10. The van der Waals surface area contributed by atoms with Crippen molar-refractivity contribution >= 4 is 121 Å². The second-order valence-electron chi connectivity index (χ2n) is 20.9. The molecule has 0 spiro atoms. The number of fused-ring (bicyclic) bond motifs is 18. The van der Waals surface area contributed by atoms with Crippen molar-refractivity contribution in [3.8, 4) is 22.5 Å². The topological polar surface area (TPSA) is 110 Å². The highest BCUT2D eigenvalue weighted by Crippen LogP contribution is 2.51. The molecule has 0 amide bonds. The van der Waals surface area contributed by atoms with Crippen molar-refractivity contribution < 1.29 is 19.1 Å². The molecule has 8 heteroatoms. The van der Waals surface area contributed by atoms with Gasteiger partial charge < -0.3 is 19.4 Å². The Morgan fingerprint density at radius 1 is 0.472 bits per heavy atom. The Labute approximate surface area is 416 Å². The van der Waals surface area contributed by atoms with Crippen molar-refractivity contribution in [2.45, 2.75) is 67.2 Å². The molecule has 72 heavy (non-hydrogen) atoms. The smallest absolute Gasteiger partial charge is 0.306 e. The first kappa shape index (κ1) is 43.9. The van der Waals surface area contributed by atoms with E-state index in [1.165, 1.54) is 53.9 Å². The molecule has 11 aromatic rings.